The van der Waals surface area contributed by atoms with Crippen LogP contribution in [0.4, 0.5) is 4.39 Å². The van der Waals surface area contributed by atoms with Crippen LogP contribution in [0.1, 0.15) is 38.2 Å². The third kappa shape index (κ3) is 3.01. The molecule has 0 saturated heterocycles. The maximum absolute atomic E-state index is 12.9. The highest BCUT2D eigenvalue weighted by atomic mass is 19.1. The van der Waals surface area contributed by atoms with E-state index >= 15 is 0 Å². The van der Waals surface area contributed by atoms with Crippen LogP contribution in [0.15, 0.2) is 18.5 Å². The van der Waals surface area contributed by atoms with Gasteiger partial charge in [-0.15, -0.1) is 0 Å². The Morgan fingerprint density at radius 2 is 2.25 bits per heavy atom. The summed E-state index contributed by atoms with van der Waals surface area (Å²) in [6.45, 7) is 4.00. The van der Waals surface area contributed by atoms with Crippen molar-refractivity contribution in [1.82, 2.24) is 10.3 Å². The lowest BCUT2D eigenvalue weighted by atomic mass is 10.0. The third-order valence-corrected chi connectivity index (χ3v) is 3.33. The summed E-state index contributed by atoms with van der Waals surface area (Å²) in [5.41, 5.74) is 1.47. The summed E-state index contributed by atoms with van der Waals surface area (Å²) in [4.78, 5) is 3.84. The number of halogens is 1. The second-order valence-electron chi connectivity index (χ2n) is 4.86. The molecule has 0 atom stereocenters. The minimum absolute atomic E-state index is 0.256. The smallest absolute Gasteiger partial charge is 0.141 e. The van der Waals surface area contributed by atoms with Crippen LogP contribution in [-0.2, 0) is 6.54 Å². The molecule has 1 aliphatic rings. The van der Waals surface area contributed by atoms with Gasteiger partial charge in [0.15, 0.2) is 0 Å². The molecule has 16 heavy (non-hydrogen) atoms. The fourth-order valence-electron chi connectivity index (χ4n) is 2.25. The van der Waals surface area contributed by atoms with E-state index in [-0.39, 0.29) is 5.82 Å². The van der Waals surface area contributed by atoms with Crippen molar-refractivity contribution < 1.29 is 4.39 Å². The zero-order valence-corrected chi connectivity index (χ0v) is 9.80. The Kier molecular flexibility index (Phi) is 3.54. The Bertz CT molecular complexity index is 348. The van der Waals surface area contributed by atoms with E-state index in [0.29, 0.717) is 5.41 Å². The second kappa shape index (κ2) is 4.91. The van der Waals surface area contributed by atoms with Crippen LogP contribution >= 0.6 is 0 Å². The molecule has 0 unspecified atom stereocenters. The van der Waals surface area contributed by atoms with Gasteiger partial charge >= 0.3 is 0 Å². The number of nitrogens with one attached hydrogen (secondary N) is 1. The molecule has 1 aromatic heterocycles. The van der Waals surface area contributed by atoms with Crippen LogP contribution in [-0.4, -0.2) is 11.5 Å². The predicted octanol–water partition coefficient (Wildman–Crippen LogP) is 2.89. The summed E-state index contributed by atoms with van der Waals surface area (Å²) in [7, 11) is 0. The topological polar surface area (TPSA) is 24.9 Å². The summed E-state index contributed by atoms with van der Waals surface area (Å²) >= 11 is 0. The van der Waals surface area contributed by atoms with Crippen LogP contribution in [0.2, 0.25) is 0 Å². The lowest BCUT2D eigenvalue weighted by Gasteiger charge is -2.14. The Morgan fingerprint density at radius 1 is 1.44 bits per heavy atom. The number of hydrogen-bond acceptors (Lipinski definition) is 2. The summed E-state index contributed by atoms with van der Waals surface area (Å²) in [6, 6.07) is 1.54. The van der Waals surface area contributed by atoms with E-state index in [1.54, 1.807) is 12.3 Å². The minimum Gasteiger partial charge on any atom is -0.312 e. The van der Waals surface area contributed by atoms with Crippen LogP contribution in [0.3, 0.4) is 0 Å². The lowest BCUT2D eigenvalue weighted by Crippen LogP contribution is -2.23. The molecule has 2 nitrogen and oxygen atoms in total. The number of nitrogens with zero attached hydrogens (tertiary/aromatic N) is 1. The van der Waals surface area contributed by atoms with E-state index in [2.05, 4.69) is 17.2 Å². The normalized spacial score (nSPS) is 17.4. The zero-order valence-electron chi connectivity index (χ0n) is 9.80. The highest BCUT2D eigenvalue weighted by Gasteiger charge is 2.40. The molecule has 0 radical (unpaired) electrons. The van der Waals surface area contributed by atoms with Crippen LogP contribution in [0.25, 0.3) is 0 Å². The van der Waals surface area contributed by atoms with Gasteiger partial charge in [-0.05, 0) is 36.3 Å². The van der Waals surface area contributed by atoms with Gasteiger partial charge in [0.25, 0.3) is 0 Å². The quantitative estimate of drug-likeness (QED) is 0.800. The molecule has 1 saturated carbocycles. The van der Waals surface area contributed by atoms with Crippen LogP contribution in [0, 0.1) is 11.2 Å². The van der Waals surface area contributed by atoms with Gasteiger partial charge in [-0.2, -0.15) is 0 Å². The van der Waals surface area contributed by atoms with Crippen molar-refractivity contribution in [2.75, 3.05) is 6.54 Å². The summed E-state index contributed by atoms with van der Waals surface area (Å²) < 4.78 is 12.9. The first-order valence-corrected chi connectivity index (χ1v) is 6.04. The fraction of sp³-hybridized carbons (Fsp3) is 0.615. The Morgan fingerprint density at radius 3 is 2.88 bits per heavy atom. The standard InChI is InChI=1S/C13H19FN2/c1-2-3-13(4-5-13)10-16-8-11-6-12(14)9-15-7-11/h6-7,9,16H,2-5,8,10H2,1H3. The molecular formula is C13H19FN2. The first-order chi connectivity index (χ1) is 7.74. The first kappa shape index (κ1) is 11.5. The third-order valence-electron chi connectivity index (χ3n) is 3.33. The molecule has 2 rings (SSSR count). The van der Waals surface area contributed by atoms with Gasteiger partial charge in [0.2, 0.25) is 0 Å². The molecular weight excluding hydrogens is 203 g/mol. The van der Waals surface area contributed by atoms with Crippen molar-refractivity contribution in [1.29, 1.82) is 0 Å². The molecule has 1 aliphatic carbocycles. The van der Waals surface area contributed by atoms with E-state index in [9.17, 15) is 4.39 Å². The van der Waals surface area contributed by atoms with Gasteiger partial charge in [0, 0.05) is 19.3 Å². The highest BCUT2D eigenvalue weighted by molar-refractivity contribution is 5.10. The number of aromatic nitrogens is 1. The van der Waals surface area contributed by atoms with Crippen LogP contribution < -0.4 is 5.32 Å². The summed E-state index contributed by atoms with van der Waals surface area (Å²) in [5, 5.41) is 3.41. The summed E-state index contributed by atoms with van der Waals surface area (Å²) in [6.07, 6.45) is 8.20. The van der Waals surface area contributed by atoms with E-state index in [1.807, 2.05) is 0 Å². The van der Waals surface area contributed by atoms with E-state index < -0.39 is 0 Å². The van der Waals surface area contributed by atoms with Crippen molar-refractivity contribution in [3.63, 3.8) is 0 Å². The van der Waals surface area contributed by atoms with Crippen molar-refractivity contribution in [2.24, 2.45) is 5.41 Å². The molecule has 0 bridgehead atoms. The molecule has 1 fully saturated rings. The fourth-order valence-corrected chi connectivity index (χ4v) is 2.25. The molecule has 0 spiro atoms. The maximum Gasteiger partial charge on any atom is 0.141 e. The largest absolute Gasteiger partial charge is 0.312 e. The Balaban J connectivity index is 1.76. The van der Waals surface area contributed by atoms with Crippen LogP contribution in [0.5, 0.6) is 0 Å². The number of hydrogen-bond donors (Lipinski definition) is 1. The monoisotopic (exact) mass is 222 g/mol. The van der Waals surface area contributed by atoms with Crippen molar-refractivity contribution >= 4 is 0 Å². The van der Waals surface area contributed by atoms with Crippen molar-refractivity contribution in [3.8, 4) is 0 Å². The van der Waals surface area contributed by atoms with Gasteiger partial charge in [-0.1, -0.05) is 13.3 Å². The van der Waals surface area contributed by atoms with E-state index in [4.69, 9.17) is 0 Å². The Labute approximate surface area is 96.3 Å². The first-order valence-electron chi connectivity index (χ1n) is 6.04. The maximum atomic E-state index is 12.9. The van der Waals surface area contributed by atoms with Gasteiger partial charge in [-0.3, -0.25) is 4.98 Å². The van der Waals surface area contributed by atoms with Gasteiger partial charge in [0.1, 0.15) is 5.82 Å². The molecule has 1 aromatic rings. The van der Waals surface area contributed by atoms with E-state index in [0.717, 1.165) is 18.7 Å². The average Bonchev–Trinajstić information content (AvgIpc) is 2.99. The number of rotatable bonds is 6. The SMILES string of the molecule is CCCC1(CNCc2cncc(F)c2)CC1. The minimum atomic E-state index is -0.256. The Hall–Kier alpha value is -0.960. The molecule has 88 valence electrons. The van der Waals surface area contributed by atoms with Crippen molar-refractivity contribution in [2.45, 2.75) is 39.2 Å². The van der Waals surface area contributed by atoms with Gasteiger partial charge < -0.3 is 5.32 Å². The van der Waals surface area contributed by atoms with Crippen molar-refractivity contribution in [3.05, 3.63) is 29.8 Å². The lowest BCUT2D eigenvalue weighted by molar-refractivity contribution is 0.420. The molecule has 0 aromatic carbocycles. The molecule has 0 amide bonds. The molecule has 1 N–H and O–H groups in total. The van der Waals surface area contributed by atoms with Gasteiger partial charge in [-0.25, -0.2) is 4.39 Å². The average molecular weight is 222 g/mol. The zero-order chi connectivity index (χ0) is 11.4. The molecule has 3 heteroatoms. The highest BCUT2D eigenvalue weighted by Crippen LogP contribution is 2.48. The second-order valence-corrected chi connectivity index (χ2v) is 4.86. The predicted molar refractivity (Wildman–Crippen MR) is 62.5 cm³/mol. The molecule has 1 heterocycles. The summed E-state index contributed by atoms with van der Waals surface area (Å²) in [5.74, 6) is -0.256. The van der Waals surface area contributed by atoms with E-state index in [1.165, 1.54) is 31.9 Å². The molecule has 0 aliphatic heterocycles. The van der Waals surface area contributed by atoms with Gasteiger partial charge in [0.05, 0.1) is 6.20 Å². The number of pyridine rings is 1.